The van der Waals surface area contributed by atoms with Crippen molar-refractivity contribution in [3.63, 3.8) is 0 Å². The molecule has 1 fully saturated rings. The molecular formula is C14H12FNO3S. The molecular weight excluding hydrogens is 281 g/mol. The number of hydrogen-bond donors (Lipinski definition) is 0. The van der Waals surface area contributed by atoms with Gasteiger partial charge in [-0.1, -0.05) is 5.16 Å². The standard InChI is InChI=1S/C14H12FNO3S/c1-20(18)12-6-9(15)4-5-10(12)13(17)11-7-16-19-14(11)8-2-3-8/h4-8H,2-3H2,1H3. The minimum Gasteiger partial charge on any atom is -0.360 e. The number of ketones is 1. The number of rotatable bonds is 4. The van der Waals surface area contributed by atoms with Crippen LogP contribution >= 0.6 is 0 Å². The second-order valence-corrected chi connectivity index (χ2v) is 6.15. The maximum atomic E-state index is 13.3. The van der Waals surface area contributed by atoms with E-state index in [-0.39, 0.29) is 22.2 Å². The van der Waals surface area contributed by atoms with Crippen LogP contribution in [0.3, 0.4) is 0 Å². The van der Waals surface area contributed by atoms with Crippen LogP contribution < -0.4 is 0 Å². The van der Waals surface area contributed by atoms with Crippen LogP contribution in [0.2, 0.25) is 0 Å². The summed E-state index contributed by atoms with van der Waals surface area (Å²) in [6.07, 6.45) is 4.75. The SMILES string of the molecule is CS(=O)c1cc(F)ccc1C(=O)c1cnoc1C1CC1. The largest absolute Gasteiger partial charge is 0.360 e. The highest BCUT2D eigenvalue weighted by atomic mass is 32.2. The first-order valence-corrected chi connectivity index (χ1v) is 7.76. The number of nitrogens with zero attached hydrogens (tertiary/aromatic N) is 1. The molecule has 104 valence electrons. The van der Waals surface area contributed by atoms with Crippen molar-refractivity contribution in [3.05, 3.63) is 47.1 Å². The summed E-state index contributed by atoms with van der Waals surface area (Å²) >= 11 is 0. The van der Waals surface area contributed by atoms with E-state index < -0.39 is 16.6 Å². The van der Waals surface area contributed by atoms with Crippen molar-refractivity contribution in [2.45, 2.75) is 23.7 Å². The molecule has 0 radical (unpaired) electrons. The van der Waals surface area contributed by atoms with Gasteiger partial charge in [0.25, 0.3) is 0 Å². The highest BCUT2D eigenvalue weighted by molar-refractivity contribution is 7.84. The van der Waals surface area contributed by atoms with Gasteiger partial charge >= 0.3 is 0 Å². The molecule has 1 aromatic heterocycles. The van der Waals surface area contributed by atoms with Crippen molar-refractivity contribution in [1.82, 2.24) is 5.16 Å². The van der Waals surface area contributed by atoms with Crippen molar-refractivity contribution < 1.29 is 17.9 Å². The lowest BCUT2D eigenvalue weighted by Crippen LogP contribution is -2.08. The van der Waals surface area contributed by atoms with Gasteiger partial charge in [0.05, 0.1) is 27.5 Å². The second-order valence-electron chi connectivity index (χ2n) is 4.80. The van der Waals surface area contributed by atoms with E-state index >= 15 is 0 Å². The van der Waals surface area contributed by atoms with E-state index in [2.05, 4.69) is 5.16 Å². The predicted molar refractivity (Wildman–Crippen MR) is 70.6 cm³/mol. The quantitative estimate of drug-likeness (QED) is 0.813. The van der Waals surface area contributed by atoms with Crippen LogP contribution in [0, 0.1) is 5.82 Å². The Kier molecular flexibility index (Phi) is 3.25. The summed E-state index contributed by atoms with van der Waals surface area (Å²) < 4.78 is 30.1. The van der Waals surface area contributed by atoms with Crippen LogP contribution in [0.15, 0.2) is 33.8 Å². The van der Waals surface area contributed by atoms with Crippen molar-refractivity contribution in [2.24, 2.45) is 0 Å². The Hall–Kier alpha value is -1.82. The number of halogens is 1. The Bertz CT molecular complexity index is 706. The lowest BCUT2D eigenvalue weighted by Gasteiger charge is -2.06. The Morgan fingerprint density at radius 1 is 1.40 bits per heavy atom. The van der Waals surface area contributed by atoms with Gasteiger partial charge in [0.15, 0.2) is 11.5 Å². The molecule has 0 bridgehead atoms. The molecule has 1 atom stereocenters. The number of carbonyl (C=O) groups is 1. The summed E-state index contributed by atoms with van der Waals surface area (Å²) in [6, 6.07) is 3.68. The van der Waals surface area contributed by atoms with Gasteiger partial charge < -0.3 is 4.52 Å². The molecule has 1 saturated carbocycles. The molecule has 0 spiro atoms. The zero-order valence-electron chi connectivity index (χ0n) is 10.8. The molecule has 0 saturated heterocycles. The van der Waals surface area contributed by atoms with E-state index in [9.17, 15) is 13.4 Å². The van der Waals surface area contributed by atoms with Gasteiger partial charge in [-0.15, -0.1) is 0 Å². The minimum absolute atomic E-state index is 0.193. The van der Waals surface area contributed by atoms with Gasteiger partial charge in [0.2, 0.25) is 0 Å². The highest BCUT2D eigenvalue weighted by Gasteiger charge is 2.33. The normalized spacial score (nSPS) is 16.1. The third-order valence-corrected chi connectivity index (χ3v) is 4.25. The summed E-state index contributed by atoms with van der Waals surface area (Å²) in [5, 5.41) is 3.68. The molecule has 1 aliphatic rings. The first-order valence-electron chi connectivity index (χ1n) is 6.20. The van der Waals surface area contributed by atoms with Gasteiger partial charge in [-0.25, -0.2) is 4.39 Å². The molecule has 3 rings (SSSR count). The Morgan fingerprint density at radius 3 is 2.80 bits per heavy atom. The summed E-state index contributed by atoms with van der Waals surface area (Å²) in [5.41, 5.74) is 0.614. The number of hydrogen-bond acceptors (Lipinski definition) is 4. The molecule has 1 unspecified atom stereocenters. The summed E-state index contributed by atoms with van der Waals surface area (Å²) in [4.78, 5) is 12.7. The summed E-state index contributed by atoms with van der Waals surface area (Å²) in [5.74, 6) is -0.0162. The van der Waals surface area contributed by atoms with Crippen molar-refractivity contribution in [3.8, 4) is 0 Å². The average Bonchev–Trinajstić information content (AvgIpc) is 3.15. The third kappa shape index (κ3) is 2.31. The smallest absolute Gasteiger partial charge is 0.199 e. The summed E-state index contributed by atoms with van der Waals surface area (Å²) in [7, 11) is -1.45. The fraction of sp³-hybridized carbons (Fsp3) is 0.286. The minimum atomic E-state index is -1.45. The van der Waals surface area contributed by atoms with Gasteiger partial charge in [0, 0.05) is 17.7 Å². The second kappa shape index (κ2) is 4.94. The monoisotopic (exact) mass is 293 g/mol. The van der Waals surface area contributed by atoms with Crippen LogP contribution in [0.25, 0.3) is 0 Å². The molecule has 6 heteroatoms. The number of aromatic nitrogens is 1. The van der Waals surface area contributed by atoms with Crippen molar-refractivity contribution in [2.75, 3.05) is 6.26 Å². The summed E-state index contributed by atoms with van der Waals surface area (Å²) in [6.45, 7) is 0. The first kappa shape index (κ1) is 13.2. The number of benzene rings is 1. The zero-order chi connectivity index (χ0) is 14.3. The van der Waals surface area contributed by atoms with E-state index in [0.717, 1.165) is 18.9 Å². The molecule has 0 aliphatic heterocycles. The maximum absolute atomic E-state index is 13.3. The van der Waals surface area contributed by atoms with E-state index in [4.69, 9.17) is 4.52 Å². The van der Waals surface area contributed by atoms with E-state index in [1.807, 2.05) is 0 Å². The van der Waals surface area contributed by atoms with E-state index in [0.29, 0.717) is 11.3 Å². The molecule has 1 aromatic carbocycles. The van der Waals surface area contributed by atoms with Crippen LogP contribution in [0.1, 0.15) is 40.4 Å². The Labute approximate surface area is 117 Å². The molecule has 0 N–H and O–H groups in total. The molecule has 1 heterocycles. The van der Waals surface area contributed by atoms with Gasteiger partial charge in [-0.05, 0) is 31.0 Å². The predicted octanol–water partition coefficient (Wildman–Crippen LogP) is 2.66. The van der Waals surface area contributed by atoms with E-state index in [1.54, 1.807) is 0 Å². The lowest BCUT2D eigenvalue weighted by atomic mass is 10.0. The Balaban J connectivity index is 2.06. The topological polar surface area (TPSA) is 60.2 Å². The maximum Gasteiger partial charge on any atom is 0.199 e. The number of carbonyl (C=O) groups excluding carboxylic acids is 1. The van der Waals surface area contributed by atoms with Crippen LogP contribution in [-0.2, 0) is 10.8 Å². The molecule has 4 nitrogen and oxygen atoms in total. The fourth-order valence-corrected chi connectivity index (χ4v) is 2.87. The van der Waals surface area contributed by atoms with Crippen molar-refractivity contribution in [1.29, 1.82) is 0 Å². The zero-order valence-corrected chi connectivity index (χ0v) is 11.6. The molecule has 2 aromatic rings. The van der Waals surface area contributed by atoms with Crippen LogP contribution in [0.5, 0.6) is 0 Å². The fourth-order valence-electron chi connectivity index (χ4n) is 2.13. The lowest BCUT2D eigenvalue weighted by molar-refractivity contribution is 0.103. The van der Waals surface area contributed by atoms with Gasteiger partial charge in [0.1, 0.15) is 5.82 Å². The van der Waals surface area contributed by atoms with Gasteiger partial charge in [-0.2, -0.15) is 0 Å². The molecule has 0 amide bonds. The first-order chi connectivity index (χ1) is 9.58. The molecule has 20 heavy (non-hydrogen) atoms. The van der Waals surface area contributed by atoms with E-state index in [1.165, 1.54) is 24.6 Å². The van der Waals surface area contributed by atoms with Crippen LogP contribution in [-0.4, -0.2) is 21.4 Å². The average molecular weight is 293 g/mol. The highest BCUT2D eigenvalue weighted by Crippen LogP contribution is 2.42. The van der Waals surface area contributed by atoms with Crippen molar-refractivity contribution >= 4 is 16.6 Å². The third-order valence-electron chi connectivity index (χ3n) is 3.29. The van der Waals surface area contributed by atoms with Gasteiger partial charge in [-0.3, -0.25) is 9.00 Å². The Morgan fingerprint density at radius 2 is 2.15 bits per heavy atom. The molecule has 1 aliphatic carbocycles. The van der Waals surface area contributed by atoms with Crippen LogP contribution in [0.4, 0.5) is 4.39 Å².